The van der Waals surface area contributed by atoms with E-state index in [0.717, 1.165) is 36.2 Å². The summed E-state index contributed by atoms with van der Waals surface area (Å²) in [6.45, 7) is 8.52. The Labute approximate surface area is 175 Å². The molecule has 7 heteroatoms. The highest BCUT2D eigenvalue weighted by molar-refractivity contribution is 14.0. The molecule has 140 valence electrons. The van der Waals surface area contributed by atoms with E-state index >= 15 is 0 Å². The second kappa shape index (κ2) is 9.91. The molecule has 26 heavy (non-hydrogen) atoms. The van der Waals surface area contributed by atoms with Crippen molar-refractivity contribution in [2.24, 2.45) is 4.99 Å². The molecule has 0 aliphatic carbocycles. The molecule has 0 saturated carbocycles. The number of fused-ring (bicyclic) bond motifs is 1. The van der Waals surface area contributed by atoms with Crippen LogP contribution in [0.5, 0.6) is 0 Å². The average molecular weight is 483 g/mol. The second-order valence-electron chi connectivity index (χ2n) is 5.97. The average Bonchev–Trinajstić information content (AvgIpc) is 3.15. The fourth-order valence-corrected chi connectivity index (χ4v) is 3.73. The van der Waals surface area contributed by atoms with Gasteiger partial charge in [0.05, 0.1) is 17.2 Å². The van der Waals surface area contributed by atoms with Gasteiger partial charge in [0, 0.05) is 35.1 Å². The van der Waals surface area contributed by atoms with E-state index in [2.05, 4.69) is 58.0 Å². The molecule has 0 fully saturated rings. The third kappa shape index (κ3) is 5.20. The Morgan fingerprint density at radius 3 is 2.77 bits per heavy atom. The molecule has 0 unspecified atom stereocenters. The molecular weight excluding hydrogens is 457 g/mol. The molecule has 0 atom stereocenters. The van der Waals surface area contributed by atoms with E-state index in [9.17, 15) is 0 Å². The minimum absolute atomic E-state index is 0. The standard InChI is InChI=1S/C19H25N5S.HI/c1-4-20-19(23-12-18-13(2)24-14(3)25-18)21-10-9-15-11-22-17-8-6-5-7-16(15)17;/h5-8,11,22H,4,9-10,12H2,1-3H3,(H2,20,21,23);1H. The molecule has 0 aliphatic rings. The van der Waals surface area contributed by atoms with Crippen LogP contribution in [-0.2, 0) is 13.0 Å². The summed E-state index contributed by atoms with van der Waals surface area (Å²) in [6.07, 6.45) is 3.05. The fraction of sp³-hybridized carbons (Fsp3) is 0.368. The van der Waals surface area contributed by atoms with Gasteiger partial charge in [-0.3, -0.25) is 0 Å². The summed E-state index contributed by atoms with van der Waals surface area (Å²) in [7, 11) is 0. The predicted octanol–water partition coefficient (Wildman–Crippen LogP) is 4.16. The zero-order chi connectivity index (χ0) is 17.6. The number of guanidine groups is 1. The number of rotatable bonds is 6. The van der Waals surface area contributed by atoms with Crippen molar-refractivity contribution < 1.29 is 0 Å². The van der Waals surface area contributed by atoms with Crippen LogP contribution >= 0.6 is 35.3 Å². The molecule has 0 bridgehead atoms. The Morgan fingerprint density at radius 1 is 1.23 bits per heavy atom. The van der Waals surface area contributed by atoms with E-state index in [1.54, 1.807) is 11.3 Å². The number of hydrogen-bond donors (Lipinski definition) is 3. The van der Waals surface area contributed by atoms with Gasteiger partial charge >= 0.3 is 0 Å². The van der Waals surface area contributed by atoms with Crippen LogP contribution in [0.4, 0.5) is 0 Å². The number of aromatic nitrogens is 2. The molecule has 0 amide bonds. The summed E-state index contributed by atoms with van der Waals surface area (Å²) in [5, 5.41) is 9.13. The zero-order valence-electron chi connectivity index (χ0n) is 15.4. The maximum absolute atomic E-state index is 4.70. The van der Waals surface area contributed by atoms with Crippen LogP contribution in [0.25, 0.3) is 10.9 Å². The van der Waals surface area contributed by atoms with Crippen molar-refractivity contribution >= 4 is 52.2 Å². The third-order valence-electron chi connectivity index (χ3n) is 4.09. The molecule has 3 rings (SSSR count). The van der Waals surface area contributed by atoms with Crippen molar-refractivity contribution in [3.63, 3.8) is 0 Å². The van der Waals surface area contributed by atoms with Crippen LogP contribution in [0, 0.1) is 13.8 Å². The van der Waals surface area contributed by atoms with E-state index in [-0.39, 0.29) is 24.0 Å². The summed E-state index contributed by atoms with van der Waals surface area (Å²) >= 11 is 1.72. The fourth-order valence-electron chi connectivity index (χ4n) is 2.87. The van der Waals surface area contributed by atoms with E-state index < -0.39 is 0 Å². The Balaban J connectivity index is 0.00000243. The Bertz CT molecular complexity index is 868. The quantitative estimate of drug-likeness (QED) is 0.280. The van der Waals surface area contributed by atoms with E-state index in [4.69, 9.17) is 4.99 Å². The van der Waals surface area contributed by atoms with Crippen molar-refractivity contribution in [1.29, 1.82) is 0 Å². The maximum atomic E-state index is 4.70. The first-order valence-electron chi connectivity index (χ1n) is 8.67. The number of para-hydroxylation sites is 1. The molecule has 1 aromatic carbocycles. The lowest BCUT2D eigenvalue weighted by Gasteiger charge is -2.11. The molecule has 3 aromatic rings. The van der Waals surface area contributed by atoms with Gasteiger partial charge in [0.1, 0.15) is 0 Å². The van der Waals surface area contributed by atoms with Crippen molar-refractivity contribution in [3.8, 4) is 0 Å². The highest BCUT2D eigenvalue weighted by atomic mass is 127. The Hall–Kier alpha value is -1.61. The van der Waals surface area contributed by atoms with Crippen LogP contribution in [0.3, 0.4) is 0 Å². The molecule has 3 N–H and O–H groups in total. The number of aromatic amines is 1. The van der Waals surface area contributed by atoms with Gasteiger partial charge in [-0.1, -0.05) is 18.2 Å². The maximum Gasteiger partial charge on any atom is 0.191 e. The van der Waals surface area contributed by atoms with Crippen molar-refractivity contribution in [1.82, 2.24) is 20.6 Å². The first-order chi connectivity index (χ1) is 12.2. The smallest absolute Gasteiger partial charge is 0.191 e. The number of nitrogens with one attached hydrogen (secondary N) is 3. The monoisotopic (exact) mass is 483 g/mol. The summed E-state index contributed by atoms with van der Waals surface area (Å²) < 4.78 is 0. The molecule has 0 aliphatic heterocycles. The number of thiazole rings is 1. The van der Waals surface area contributed by atoms with Gasteiger partial charge in [0.2, 0.25) is 0 Å². The van der Waals surface area contributed by atoms with Gasteiger partial charge in [0.25, 0.3) is 0 Å². The summed E-state index contributed by atoms with van der Waals surface area (Å²) in [5.74, 6) is 0.854. The second-order valence-corrected chi connectivity index (χ2v) is 7.26. The van der Waals surface area contributed by atoms with E-state index in [0.29, 0.717) is 6.54 Å². The van der Waals surface area contributed by atoms with Crippen molar-refractivity contribution in [2.75, 3.05) is 13.1 Å². The van der Waals surface area contributed by atoms with Gasteiger partial charge < -0.3 is 15.6 Å². The van der Waals surface area contributed by atoms with Gasteiger partial charge in [-0.05, 0) is 38.8 Å². The normalized spacial score (nSPS) is 11.4. The number of nitrogens with zero attached hydrogens (tertiary/aromatic N) is 2. The summed E-state index contributed by atoms with van der Waals surface area (Å²) in [5.41, 5.74) is 3.60. The lowest BCUT2D eigenvalue weighted by atomic mass is 10.1. The first-order valence-corrected chi connectivity index (χ1v) is 9.49. The highest BCUT2D eigenvalue weighted by Crippen LogP contribution is 2.18. The number of halogens is 1. The zero-order valence-corrected chi connectivity index (χ0v) is 18.6. The molecule has 5 nitrogen and oxygen atoms in total. The number of benzene rings is 1. The van der Waals surface area contributed by atoms with Crippen molar-refractivity contribution in [2.45, 2.75) is 33.7 Å². The lowest BCUT2D eigenvalue weighted by molar-refractivity contribution is 0.802. The van der Waals surface area contributed by atoms with Gasteiger partial charge in [0.15, 0.2) is 5.96 Å². The van der Waals surface area contributed by atoms with Gasteiger partial charge in [-0.2, -0.15) is 0 Å². The first kappa shape index (κ1) is 20.7. The number of hydrogen-bond acceptors (Lipinski definition) is 3. The van der Waals surface area contributed by atoms with E-state index in [1.165, 1.54) is 21.3 Å². The minimum Gasteiger partial charge on any atom is -0.361 e. The van der Waals surface area contributed by atoms with Crippen LogP contribution in [-0.4, -0.2) is 29.0 Å². The van der Waals surface area contributed by atoms with Crippen LogP contribution in [0.1, 0.15) is 28.1 Å². The number of H-pyrrole nitrogens is 1. The molecule has 2 heterocycles. The molecule has 2 aromatic heterocycles. The molecule has 0 spiro atoms. The Kier molecular flexibility index (Phi) is 7.89. The number of aryl methyl sites for hydroxylation is 2. The van der Waals surface area contributed by atoms with E-state index in [1.807, 2.05) is 13.8 Å². The molecule has 0 radical (unpaired) electrons. The third-order valence-corrected chi connectivity index (χ3v) is 5.14. The Morgan fingerprint density at radius 2 is 2.04 bits per heavy atom. The summed E-state index contributed by atoms with van der Waals surface area (Å²) in [4.78, 5) is 13.7. The number of aliphatic imine (C=N–C) groups is 1. The van der Waals surface area contributed by atoms with Gasteiger partial charge in [-0.25, -0.2) is 9.98 Å². The van der Waals surface area contributed by atoms with Crippen LogP contribution in [0.15, 0.2) is 35.5 Å². The van der Waals surface area contributed by atoms with Crippen LogP contribution in [0.2, 0.25) is 0 Å². The SMILES string of the molecule is CCNC(=NCc1sc(C)nc1C)NCCc1c[nH]c2ccccc12.I. The van der Waals surface area contributed by atoms with Crippen molar-refractivity contribution in [3.05, 3.63) is 51.6 Å². The van der Waals surface area contributed by atoms with Crippen LogP contribution < -0.4 is 10.6 Å². The highest BCUT2D eigenvalue weighted by Gasteiger charge is 2.06. The minimum atomic E-state index is 0. The largest absolute Gasteiger partial charge is 0.361 e. The molecular formula is C19H26IN5S. The summed E-state index contributed by atoms with van der Waals surface area (Å²) in [6, 6.07) is 8.41. The topological polar surface area (TPSA) is 65.1 Å². The van der Waals surface area contributed by atoms with Gasteiger partial charge in [-0.15, -0.1) is 35.3 Å². The molecule has 0 saturated heterocycles. The predicted molar refractivity (Wildman–Crippen MR) is 122 cm³/mol. The lowest BCUT2D eigenvalue weighted by Crippen LogP contribution is -2.38.